The number of benzene rings is 2. The molecule has 21 heavy (non-hydrogen) atoms. The smallest absolute Gasteiger partial charge is 0.163 e. The molecule has 1 aromatic heterocycles. The Balaban J connectivity index is 1.78. The minimum Gasteiger partial charge on any atom is -0.508 e. The summed E-state index contributed by atoms with van der Waals surface area (Å²) >= 11 is 0. The molecule has 0 atom stereocenters. The van der Waals surface area contributed by atoms with E-state index >= 15 is 0 Å². The molecule has 106 valence electrons. The van der Waals surface area contributed by atoms with E-state index in [1.54, 1.807) is 24.3 Å². The van der Waals surface area contributed by atoms with Crippen LogP contribution in [-0.4, -0.2) is 10.9 Å². The fourth-order valence-electron chi connectivity index (χ4n) is 2.14. The number of ketones is 1. The Morgan fingerprint density at radius 3 is 2.67 bits per heavy atom. The number of aromatic hydroxyl groups is 1. The van der Waals surface area contributed by atoms with E-state index in [2.05, 4.69) is 0 Å². The van der Waals surface area contributed by atoms with Gasteiger partial charge in [-0.25, -0.2) is 0 Å². The summed E-state index contributed by atoms with van der Waals surface area (Å²) in [5.74, 6) is 0.870. The minimum atomic E-state index is -0.0122. The number of carbonyl (C=O) groups is 1. The van der Waals surface area contributed by atoms with Gasteiger partial charge in [0.05, 0.1) is 5.56 Å². The lowest BCUT2D eigenvalue weighted by atomic mass is 10.1. The number of fused-ring (bicyclic) bond motifs is 1. The third kappa shape index (κ3) is 2.74. The fraction of sp³-hybridized carbons (Fsp3) is 0.118. The second-order valence-electron chi connectivity index (χ2n) is 4.82. The van der Waals surface area contributed by atoms with Crippen molar-refractivity contribution in [2.75, 3.05) is 0 Å². The minimum absolute atomic E-state index is 0.0122. The van der Waals surface area contributed by atoms with E-state index in [4.69, 9.17) is 9.15 Å². The van der Waals surface area contributed by atoms with Gasteiger partial charge in [-0.1, -0.05) is 6.07 Å². The molecule has 4 nitrogen and oxygen atoms in total. The third-order valence-corrected chi connectivity index (χ3v) is 3.26. The summed E-state index contributed by atoms with van der Waals surface area (Å²) in [6.07, 6.45) is 1.48. The van der Waals surface area contributed by atoms with E-state index in [9.17, 15) is 9.90 Å². The van der Waals surface area contributed by atoms with E-state index in [1.807, 2.05) is 18.2 Å². The van der Waals surface area contributed by atoms with Gasteiger partial charge in [-0.05, 0) is 48.9 Å². The zero-order valence-corrected chi connectivity index (χ0v) is 11.5. The van der Waals surface area contributed by atoms with Crippen LogP contribution in [0.25, 0.3) is 11.0 Å². The van der Waals surface area contributed by atoms with E-state index in [1.165, 1.54) is 13.2 Å². The predicted octanol–water partition coefficient (Wildman–Crippen LogP) is 3.92. The predicted molar refractivity (Wildman–Crippen MR) is 78.7 cm³/mol. The largest absolute Gasteiger partial charge is 0.508 e. The molecule has 0 amide bonds. The maximum Gasteiger partial charge on any atom is 0.163 e. The first kappa shape index (κ1) is 13.2. The normalized spacial score (nSPS) is 10.7. The Hall–Kier alpha value is -2.75. The van der Waals surface area contributed by atoms with Gasteiger partial charge in [-0.3, -0.25) is 4.79 Å². The number of hydrogen-bond acceptors (Lipinski definition) is 4. The van der Waals surface area contributed by atoms with Gasteiger partial charge < -0.3 is 14.3 Å². The Kier molecular flexibility index (Phi) is 3.36. The summed E-state index contributed by atoms with van der Waals surface area (Å²) in [4.78, 5) is 11.4. The monoisotopic (exact) mass is 282 g/mol. The summed E-state index contributed by atoms with van der Waals surface area (Å²) in [5, 5.41) is 10.0. The highest BCUT2D eigenvalue weighted by Gasteiger charge is 2.10. The van der Waals surface area contributed by atoms with Gasteiger partial charge in [0, 0.05) is 5.39 Å². The van der Waals surface area contributed by atoms with Crippen molar-refractivity contribution in [3.63, 3.8) is 0 Å². The first-order chi connectivity index (χ1) is 10.1. The molecule has 0 fully saturated rings. The highest BCUT2D eigenvalue weighted by molar-refractivity contribution is 6.05. The van der Waals surface area contributed by atoms with Crippen LogP contribution in [0.1, 0.15) is 22.8 Å². The maximum absolute atomic E-state index is 11.4. The van der Waals surface area contributed by atoms with E-state index < -0.39 is 0 Å². The lowest BCUT2D eigenvalue weighted by molar-refractivity contribution is 0.101. The first-order valence-electron chi connectivity index (χ1n) is 6.56. The summed E-state index contributed by atoms with van der Waals surface area (Å²) in [7, 11) is 0. The van der Waals surface area contributed by atoms with Crippen LogP contribution in [0, 0.1) is 0 Å². The van der Waals surface area contributed by atoms with E-state index in [0.717, 1.165) is 10.9 Å². The van der Waals surface area contributed by atoms with E-state index in [-0.39, 0.29) is 11.5 Å². The molecule has 0 saturated carbocycles. The molecule has 0 unspecified atom stereocenters. The van der Waals surface area contributed by atoms with Crippen LogP contribution in [0.3, 0.4) is 0 Å². The van der Waals surface area contributed by atoms with E-state index in [0.29, 0.717) is 23.5 Å². The molecule has 4 heteroatoms. The molecular formula is C17H14O4. The van der Waals surface area contributed by atoms with Crippen LogP contribution in [0.15, 0.2) is 53.1 Å². The highest BCUT2D eigenvalue weighted by atomic mass is 16.5. The van der Waals surface area contributed by atoms with Crippen molar-refractivity contribution < 1.29 is 19.1 Å². The zero-order valence-electron chi connectivity index (χ0n) is 11.5. The van der Waals surface area contributed by atoms with Crippen LogP contribution >= 0.6 is 0 Å². The van der Waals surface area contributed by atoms with Gasteiger partial charge in [0.15, 0.2) is 5.78 Å². The Morgan fingerprint density at radius 2 is 1.95 bits per heavy atom. The van der Waals surface area contributed by atoms with Gasteiger partial charge in [0.1, 0.15) is 30.0 Å². The molecule has 1 N–H and O–H groups in total. The molecule has 0 aliphatic carbocycles. The van der Waals surface area contributed by atoms with Gasteiger partial charge >= 0.3 is 0 Å². The number of furan rings is 1. The van der Waals surface area contributed by atoms with Crippen molar-refractivity contribution in [3.05, 3.63) is 59.9 Å². The summed E-state index contributed by atoms with van der Waals surface area (Å²) in [6, 6.07) is 12.2. The Morgan fingerprint density at radius 1 is 1.19 bits per heavy atom. The highest BCUT2D eigenvalue weighted by Crippen LogP contribution is 2.24. The number of Topliss-reactive ketones (excluding diaryl/α,β-unsaturated/α-hetero) is 1. The molecule has 0 aliphatic rings. The Labute approximate surface area is 121 Å². The summed E-state index contributed by atoms with van der Waals surface area (Å²) in [5.41, 5.74) is 2.21. The fourth-order valence-corrected chi connectivity index (χ4v) is 2.14. The molecule has 0 radical (unpaired) electrons. The van der Waals surface area contributed by atoms with Gasteiger partial charge in [-0.2, -0.15) is 0 Å². The maximum atomic E-state index is 11.4. The SMILES string of the molecule is CC(=O)c1coc2cc(COc3ccc(O)cc3)ccc12. The molecule has 3 aromatic rings. The van der Waals surface area contributed by atoms with Crippen molar-refractivity contribution in [1.82, 2.24) is 0 Å². The summed E-state index contributed by atoms with van der Waals surface area (Å²) < 4.78 is 11.0. The van der Waals surface area contributed by atoms with Crippen LogP contribution in [-0.2, 0) is 6.61 Å². The quantitative estimate of drug-likeness (QED) is 0.737. The van der Waals surface area contributed by atoms with Crippen molar-refractivity contribution >= 4 is 16.8 Å². The average Bonchev–Trinajstić information content (AvgIpc) is 2.90. The van der Waals surface area contributed by atoms with Crippen LogP contribution in [0.5, 0.6) is 11.5 Å². The number of rotatable bonds is 4. The van der Waals surface area contributed by atoms with Crippen LogP contribution < -0.4 is 4.74 Å². The molecule has 0 bridgehead atoms. The second kappa shape index (κ2) is 5.32. The molecule has 0 aliphatic heterocycles. The first-order valence-corrected chi connectivity index (χ1v) is 6.56. The number of phenols is 1. The number of phenolic OH excluding ortho intramolecular Hbond substituents is 1. The molecule has 2 aromatic carbocycles. The summed E-state index contributed by atoms with van der Waals surface area (Å²) in [6.45, 7) is 1.91. The van der Waals surface area contributed by atoms with Gasteiger partial charge in [0.2, 0.25) is 0 Å². The number of hydrogen-bond donors (Lipinski definition) is 1. The Bertz CT molecular complexity index is 784. The topological polar surface area (TPSA) is 59.7 Å². The average molecular weight is 282 g/mol. The lowest BCUT2D eigenvalue weighted by Gasteiger charge is -2.06. The van der Waals surface area contributed by atoms with Crippen LogP contribution in [0.2, 0.25) is 0 Å². The van der Waals surface area contributed by atoms with Crippen molar-refractivity contribution in [1.29, 1.82) is 0 Å². The van der Waals surface area contributed by atoms with Gasteiger partial charge in [0.25, 0.3) is 0 Å². The zero-order chi connectivity index (χ0) is 14.8. The standard InChI is InChI=1S/C17H14O4/c1-11(18)16-10-21-17-8-12(2-7-15(16)17)9-20-14-5-3-13(19)4-6-14/h2-8,10,19H,9H2,1H3. The van der Waals surface area contributed by atoms with Crippen molar-refractivity contribution in [2.45, 2.75) is 13.5 Å². The van der Waals surface area contributed by atoms with Crippen molar-refractivity contribution in [2.24, 2.45) is 0 Å². The number of ether oxygens (including phenoxy) is 1. The van der Waals surface area contributed by atoms with Gasteiger partial charge in [-0.15, -0.1) is 0 Å². The molecule has 0 saturated heterocycles. The molecule has 1 heterocycles. The second-order valence-corrected chi connectivity index (χ2v) is 4.82. The molecule has 3 rings (SSSR count). The molecular weight excluding hydrogens is 268 g/mol. The number of carbonyl (C=O) groups excluding carboxylic acids is 1. The third-order valence-electron chi connectivity index (χ3n) is 3.26. The molecule has 0 spiro atoms. The van der Waals surface area contributed by atoms with Crippen LogP contribution in [0.4, 0.5) is 0 Å². The lowest BCUT2D eigenvalue weighted by Crippen LogP contribution is -1.95. The van der Waals surface area contributed by atoms with Crippen molar-refractivity contribution in [3.8, 4) is 11.5 Å².